The number of carbonyl (C=O) groups excluding carboxylic acids is 1. The van der Waals surface area contributed by atoms with Gasteiger partial charge < -0.3 is 9.90 Å². The van der Waals surface area contributed by atoms with Crippen molar-refractivity contribution in [2.24, 2.45) is 0 Å². The highest BCUT2D eigenvalue weighted by Crippen LogP contribution is 2.33. The van der Waals surface area contributed by atoms with Gasteiger partial charge in [0, 0.05) is 5.69 Å². The van der Waals surface area contributed by atoms with E-state index < -0.39 is 10.7 Å². The molecule has 0 aromatic carbocycles. The van der Waals surface area contributed by atoms with E-state index in [1.54, 1.807) is 26.0 Å². The average Bonchev–Trinajstić information content (AvgIpc) is 2.29. The van der Waals surface area contributed by atoms with Crippen molar-refractivity contribution in [1.82, 2.24) is 4.98 Å². The predicted molar refractivity (Wildman–Crippen MR) is 67.9 cm³/mol. The monoisotopic (exact) mass is 263 g/mol. The highest BCUT2D eigenvalue weighted by molar-refractivity contribution is 8.01. The summed E-state index contributed by atoms with van der Waals surface area (Å²) in [5, 5.41) is 20.5. The fraction of sp³-hybridized carbons (Fsp3) is 0.462. The van der Waals surface area contributed by atoms with Gasteiger partial charge in [0.25, 0.3) is 0 Å². The molecular formula is C13H15N2O2S-. The summed E-state index contributed by atoms with van der Waals surface area (Å²) in [6, 6.07) is 5.52. The van der Waals surface area contributed by atoms with Gasteiger partial charge in [-0.25, -0.2) is 4.98 Å². The van der Waals surface area contributed by atoms with Crippen LogP contribution in [0.3, 0.4) is 0 Å². The first kappa shape index (κ1) is 14.5. The minimum Gasteiger partial charge on any atom is -0.549 e. The summed E-state index contributed by atoms with van der Waals surface area (Å²) >= 11 is 1.05. The Morgan fingerprint density at radius 1 is 1.56 bits per heavy atom. The number of pyridine rings is 1. The first-order chi connectivity index (χ1) is 8.40. The van der Waals surface area contributed by atoms with Crippen LogP contribution in [0.2, 0.25) is 0 Å². The Kier molecular flexibility index (Phi) is 4.74. The molecule has 0 saturated heterocycles. The smallest absolute Gasteiger partial charge is 0.115 e. The summed E-state index contributed by atoms with van der Waals surface area (Å²) in [5.41, 5.74) is 1.27. The number of hydrogen-bond acceptors (Lipinski definition) is 5. The minimum absolute atomic E-state index is 0.397. The van der Waals surface area contributed by atoms with Crippen LogP contribution in [-0.2, 0) is 11.2 Å². The van der Waals surface area contributed by atoms with Crippen LogP contribution < -0.4 is 5.11 Å². The zero-order chi connectivity index (χ0) is 13.8. The van der Waals surface area contributed by atoms with Gasteiger partial charge in [-0.2, -0.15) is 5.26 Å². The van der Waals surface area contributed by atoms with Crippen molar-refractivity contribution in [1.29, 1.82) is 5.26 Å². The van der Waals surface area contributed by atoms with Crippen LogP contribution in [0.1, 0.15) is 38.4 Å². The Morgan fingerprint density at radius 3 is 2.72 bits per heavy atom. The van der Waals surface area contributed by atoms with Gasteiger partial charge in [0.15, 0.2) is 0 Å². The molecule has 0 N–H and O–H groups in total. The Hall–Kier alpha value is -1.54. The molecule has 0 saturated carbocycles. The Balaban J connectivity index is 3.09. The normalized spacial score (nSPS) is 11.0. The van der Waals surface area contributed by atoms with Gasteiger partial charge in [0.05, 0.1) is 16.3 Å². The van der Waals surface area contributed by atoms with Gasteiger partial charge in [0.1, 0.15) is 11.1 Å². The van der Waals surface area contributed by atoms with E-state index in [-0.39, 0.29) is 0 Å². The summed E-state index contributed by atoms with van der Waals surface area (Å²) in [5.74, 6) is -1.17. The van der Waals surface area contributed by atoms with E-state index in [2.05, 4.69) is 4.98 Å². The number of nitrogens with zero attached hydrogens (tertiary/aromatic N) is 2. The van der Waals surface area contributed by atoms with Crippen molar-refractivity contribution in [2.75, 3.05) is 0 Å². The van der Waals surface area contributed by atoms with E-state index in [0.717, 1.165) is 30.3 Å². The molecule has 0 aliphatic rings. The quantitative estimate of drug-likeness (QED) is 0.753. The van der Waals surface area contributed by atoms with Gasteiger partial charge in [-0.1, -0.05) is 25.1 Å². The molecule has 5 heteroatoms. The number of nitriles is 1. The summed E-state index contributed by atoms with van der Waals surface area (Å²) in [4.78, 5) is 15.3. The summed E-state index contributed by atoms with van der Waals surface area (Å²) in [6.45, 7) is 5.13. The van der Waals surface area contributed by atoms with Crippen LogP contribution in [0, 0.1) is 11.3 Å². The standard InChI is InChI=1S/C13H16N2O2S/c1-4-5-10-7-6-9(8-14)11(15-10)18-13(2,3)12(16)17/h6-7H,4-5H2,1-3H3,(H,16,17)/p-1. The molecule has 18 heavy (non-hydrogen) atoms. The predicted octanol–water partition coefficient (Wildman–Crippen LogP) is 1.53. The van der Waals surface area contributed by atoms with Crippen LogP contribution in [0.5, 0.6) is 0 Å². The third-order valence-electron chi connectivity index (χ3n) is 2.39. The molecule has 1 aromatic heterocycles. The Labute approximate surface area is 111 Å². The Morgan fingerprint density at radius 2 is 2.22 bits per heavy atom. The minimum atomic E-state index is -1.17. The second-order valence-corrected chi connectivity index (χ2v) is 6.03. The zero-order valence-electron chi connectivity index (χ0n) is 10.7. The maximum atomic E-state index is 11.0. The molecule has 0 bridgehead atoms. The lowest BCUT2D eigenvalue weighted by Crippen LogP contribution is -2.41. The van der Waals surface area contributed by atoms with Crippen molar-refractivity contribution in [3.8, 4) is 6.07 Å². The molecule has 0 unspecified atom stereocenters. The van der Waals surface area contributed by atoms with Gasteiger partial charge >= 0.3 is 0 Å². The van der Waals surface area contributed by atoms with E-state index in [1.165, 1.54) is 0 Å². The molecule has 1 heterocycles. The first-order valence-corrected chi connectivity index (χ1v) is 6.53. The van der Waals surface area contributed by atoms with Crippen molar-refractivity contribution in [2.45, 2.75) is 43.4 Å². The van der Waals surface area contributed by atoms with Gasteiger partial charge in [-0.05, 0) is 32.4 Å². The second kappa shape index (κ2) is 5.87. The maximum Gasteiger partial charge on any atom is 0.115 e. The fourth-order valence-corrected chi connectivity index (χ4v) is 2.27. The first-order valence-electron chi connectivity index (χ1n) is 5.71. The topological polar surface area (TPSA) is 76.8 Å². The average molecular weight is 263 g/mol. The van der Waals surface area contributed by atoms with E-state index in [1.807, 2.05) is 13.0 Å². The molecule has 0 radical (unpaired) electrons. The summed E-state index contributed by atoms with van der Waals surface area (Å²) in [7, 11) is 0. The molecule has 0 aliphatic heterocycles. The van der Waals surface area contributed by atoms with Crippen molar-refractivity contribution in [3.05, 3.63) is 23.4 Å². The zero-order valence-corrected chi connectivity index (χ0v) is 11.5. The third kappa shape index (κ3) is 3.47. The van der Waals surface area contributed by atoms with Gasteiger partial charge in [-0.3, -0.25) is 0 Å². The van der Waals surface area contributed by atoms with E-state index >= 15 is 0 Å². The lowest BCUT2D eigenvalue weighted by molar-refractivity contribution is -0.308. The maximum absolute atomic E-state index is 11.0. The molecular weight excluding hydrogens is 248 g/mol. The lowest BCUT2D eigenvalue weighted by atomic mass is 10.2. The number of carboxylic acid groups (broad SMARTS) is 1. The van der Waals surface area contributed by atoms with Crippen LogP contribution in [0.15, 0.2) is 17.2 Å². The number of aromatic nitrogens is 1. The van der Waals surface area contributed by atoms with Gasteiger partial charge in [-0.15, -0.1) is 0 Å². The molecule has 1 rings (SSSR count). The number of carboxylic acids is 1. The number of thioether (sulfide) groups is 1. The summed E-state index contributed by atoms with van der Waals surface area (Å²) < 4.78 is -1.11. The number of aliphatic carboxylic acids is 1. The number of hydrogen-bond donors (Lipinski definition) is 0. The Bertz CT molecular complexity index is 492. The SMILES string of the molecule is CCCc1ccc(C#N)c(SC(C)(C)C(=O)[O-])n1. The molecule has 1 aromatic rings. The molecule has 0 amide bonds. The van der Waals surface area contributed by atoms with Crippen LogP contribution in [0.25, 0.3) is 0 Å². The molecule has 0 fully saturated rings. The second-order valence-electron chi connectivity index (χ2n) is 4.42. The highest BCUT2D eigenvalue weighted by atomic mass is 32.2. The number of rotatable bonds is 5. The van der Waals surface area contributed by atoms with E-state index in [4.69, 9.17) is 5.26 Å². The molecule has 96 valence electrons. The third-order valence-corrected chi connectivity index (χ3v) is 3.57. The molecule has 0 spiro atoms. The summed E-state index contributed by atoms with van der Waals surface area (Å²) in [6.07, 6.45) is 1.76. The highest BCUT2D eigenvalue weighted by Gasteiger charge is 2.23. The van der Waals surface area contributed by atoms with Gasteiger partial charge in [0.2, 0.25) is 0 Å². The van der Waals surface area contributed by atoms with Crippen molar-refractivity contribution >= 4 is 17.7 Å². The van der Waals surface area contributed by atoms with Crippen LogP contribution in [-0.4, -0.2) is 15.7 Å². The molecule has 4 nitrogen and oxygen atoms in total. The van der Waals surface area contributed by atoms with E-state index in [0.29, 0.717) is 10.6 Å². The fourth-order valence-electron chi connectivity index (χ4n) is 1.32. The number of carbonyl (C=O) groups is 1. The number of aryl methyl sites for hydroxylation is 1. The molecule has 0 aliphatic carbocycles. The van der Waals surface area contributed by atoms with Crippen LogP contribution >= 0.6 is 11.8 Å². The molecule has 0 atom stereocenters. The van der Waals surface area contributed by atoms with Crippen LogP contribution in [0.4, 0.5) is 0 Å². The van der Waals surface area contributed by atoms with Crippen molar-refractivity contribution in [3.63, 3.8) is 0 Å². The van der Waals surface area contributed by atoms with E-state index in [9.17, 15) is 9.90 Å². The van der Waals surface area contributed by atoms with Crippen molar-refractivity contribution < 1.29 is 9.90 Å². The lowest BCUT2D eigenvalue weighted by Gasteiger charge is -2.24. The largest absolute Gasteiger partial charge is 0.549 e.